The molecular weight excluding hydrogens is 276 g/mol. The van der Waals surface area contributed by atoms with Crippen LogP contribution in [-0.2, 0) is 6.54 Å². The molecule has 5 heteroatoms. The van der Waals surface area contributed by atoms with E-state index in [-0.39, 0.29) is 5.56 Å². The molecule has 1 N–H and O–H groups in total. The van der Waals surface area contributed by atoms with Crippen molar-refractivity contribution in [3.8, 4) is 0 Å². The van der Waals surface area contributed by atoms with Crippen LogP contribution in [0, 0.1) is 13.8 Å². The molecule has 0 spiro atoms. The summed E-state index contributed by atoms with van der Waals surface area (Å²) >= 11 is 0. The van der Waals surface area contributed by atoms with Gasteiger partial charge in [0.15, 0.2) is 0 Å². The molecule has 22 heavy (non-hydrogen) atoms. The summed E-state index contributed by atoms with van der Waals surface area (Å²) in [7, 11) is 0. The van der Waals surface area contributed by atoms with Crippen LogP contribution < -0.4 is 5.56 Å². The summed E-state index contributed by atoms with van der Waals surface area (Å²) in [6.45, 7) is 6.73. The van der Waals surface area contributed by atoms with Gasteiger partial charge >= 0.3 is 0 Å². The smallest absolute Gasteiger partial charge is 0.251 e. The zero-order valence-corrected chi connectivity index (χ0v) is 13.2. The van der Waals surface area contributed by atoms with Crippen LogP contribution in [0.3, 0.4) is 0 Å². The number of rotatable bonds is 3. The number of nitrogens with zero attached hydrogens (tertiary/aromatic N) is 3. The number of nitrogens with one attached hydrogen (secondary N) is 1. The predicted molar refractivity (Wildman–Crippen MR) is 85.8 cm³/mol. The quantitative estimate of drug-likeness (QED) is 0.943. The highest BCUT2D eigenvalue weighted by atomic mass is 16.1. The molecule has 1 aliphatic rings. The lowest BCUT2D eigenvalue weighted by atomic mass is 9.94. The Hall–Kier alpha value is -2.01. The first kappa shape index (κ1) is 14.9. The van der Waals surface area contributed by atoms with E-state index >= 15 is 0 Å². The van der Waals surface area contributed by atoms with Crippen LogP contribution in [-0.4, -0.2) is 32.9 Å². The molecule has 0 aliphatic carbocycles. The summed E-state index contributed by atoms with van der Waals surface area (Å²) in [5.41, 5.74) is 3.02. The van der Waals surface area contributed by atoms with Crippen LogP contribution in [0.1, 0.15) is 41.7 Å². The van der Waals surface area contributed by atoms with Crippen LogP contribution in [0.4, 0.5) is 0 Å². The van der Waals surface area contributed by atoms with Crippen molar-refractivity contribution in [1.82, 2.24) is 19.9 Å². The van der Waals surface area contributed by atoms with Crippen molar-refractivity contribution < 1.29 is 0 Å². The molecule has 1 fully saturated rings. The number of hydrogen-bond donors (Lipinski definition) is 1. The van der Waals surface area contributed by atoms with Crippen molar-refractivity contribution in [3.05, 3.63) is 57.5 Å². The molecule has 116 valence electrons. The van der Waals surface area contributed by atoms with Crippen molar-refractivity contribution in [2.75, 3.05) is 13.1 Å². The molecule has 3 heterocycles. The fraction of sp³-hybridized carbons (Fsp3) is 0.471. The molecule has 0 bridgehead atoms. The third kappa shape index (κ3) is 3.60. The van der Waals surface area contributed by atoms with Crippen molar-refractivity contribution in [2.24, 2.45) is 0 Å². The zero-order chi connectivity index (χ0) is 15.5. The second-order valence-electron chi connectivity index (χ2n) is 6.10. The molecule has 0 radical (unpaired) electrons. The number of H-pyrrole nitrogens is 1. The third-order valence-corrected chi connectivity index (χ3v) is 4.14. The summed E-state index contributed by atoms with van der Waals surface area (Å²) in [5.74, 6) is 1.03. The highest BCUT2D eigenvalue weighted by molar-refractivity contribution is 5.12. The van der Waals surface area contributed by atoms with E-state index in [9.17, 15) is 4.79 Å². The largest absolute Gasteiger partial charge is 0.311 e. The van der Waals surface area contributed by atoms with Gasteiger partial charge in [-0.3, -0.25) is 14.7 Å². The van der Waals surface area contributed by atoms with Gasteiger partial charge in [-0.05, 0) is 45.4 Å². The SMILES string of the molecule is Cc1cccc(CN2CCC[C@@H](c3cc(=O)[nH]c(C)n3)C2)n1. The molecule has 0 unspecified atom stereocenters. The number of aromatic amines is 1. The number of aromatic nitrogens is 3. The second-order valence-corrected chi connectivity index (χ2v) is 6.10. The predicted octanol–water partition coefficient (Wildman–Crippen LogP) is 2.16. The van der Waals surface area contributed by atoms with Gasteiger partial charge in [0.1, 0.15) is 5.82 Å². The number of hydrogen-bond acceptors (Lipinski definition) is 4. The monoisotopic (exact) mass is 298 g/mol. The molecule has 2 aromatic heterocycles. The highest BCUT2D eigenvalue weighted by Gasteiger charge is 2.23. The van der Waals surface area contributed by atoms with Gasteiger partial charge in [0.05, 0.1) is 11.4 Å². The van der Waals surface area contributed by atoms with Crippen LogP contribution in [0.15, 0.2) is 29.1 Å². The Kier molecular flexibility index (Phi) is 4.34. The molecule has 2 aromatic rings. The summed E-state index contributed by atoms with van der Waals surface area (Å²) in [6.07, 6.45) is 2.22. The Labute approximate surface area is 130 Å². The zero-order valence-electron chi connectivity index (χ0n) is 13.2. The molecule has 0 aromatic carbocycles. The van der Waals surface area contributed by atoms with E-state index in [0.717, 1.165) is 49.6 Å². The van der Waals surface area contributed by atoms with Crippen molar-refractivity contribution in [3.63, 3.8) is 0 Å². The van der Waals surface area contributed by atoms with Gasteiger partial charge in [-0.1, -0.05) is 6.07 Å². The first-order valence-corrected chi connectivity index (χ1v) is 7.83. The Morgan fingerprint density at radius 2 is 2.18 bits per heavy atom. The van der Waals surface area contributed by atoms with Crippen LogP contribution >= 0.6 is 0 Å². The average molecular weight is 298 g/mol. The van der Waals surface area contributed by atoms with Crippen molar-refractivity contribution in [1.29, 1.82) is 0 Å². The van der Waals surface area contributed by atoms with E-state index in [2.05, 4.69) is 32.0 Å². The standard InChI is InChI=1S/C17H22N4O/c1-12-5-3-7-15(18-12)11-21-8-4-6-14(10-21)16-9-17(22)20-13(2)19-16/h3,5,7,9,14H,4,6,8,10-11H2,1-2H3,(H,19,20,22)/t14-/m1/s1. The van der Waals surface area contributed by atoms with E-state index in [1.165, 1.54) is 0 Å². The Balaban J connectivity index is 1.72. The molecule has 1 aliphatic heterocycles. The Morgan fingerprint density at radius 3 is 2.95 bits per heavy atom. The minimum atomic E-state index is -0.0556. The maximum Gasteiger partial charge on any atom is 0.251 e. The van der Waals surface area contributed by atoms with Crippen LogP contribution in [0.2, 0.25) is 0 Å². The number of aryl methyl sites for hydroxylation is 2. The van der Waals surface area contributed by atoms with E-state index in [4.69, 9.17) is 0 Å². The molecule has 0 amide bonds. The van der Waals surface area contributed by atoms with Gasteiger partial charge in [0.2, 0.25) is 0 Å². The molecule has 3 rings (SSSR count). The van der Waals surface area contributed by atoms with Crippen molar-refractivity contribution >= 4 is 0 Å². The molecule has 5 nitrogen and oxygen atoms in total. The van der Waals surface area contributed by atoms with E-state index in [1.54, 1.807) is 6.07 Å². The van der Waals surface area contributed by atoms with Gasteiger partial charge in [-0.15, -0.1) is 0 Å². The number of pyridine rings is 1. The normalized spacial score (nSPS) is 19.3. The summed E-state index contributed by atoms with van der Waals surface area (Å²) in [5, 5.41) is 0. The minimum Gasteiger partial charge on any atom is -0.311 e. The van der Waals surface area contributed by atoms with Crippen LogP contribution in [0.5, 0.6) is 0 Å². The maximum atomic E-state index is 11.6. The third-order valence-electron chi connectivity index (χ3n) is 4.14. The second kappa shape index (κ2) is 6.40. The number of piperidine rings is 1. The first-order chi connectivity index (χ1) is 10.6. The van der Waals surface area contributed by atoms with Gasteiger partial charge in [-0.25, -0.2) is 4.98 Å². The maximum absolute atomic E-state index is 11.6. The van der Waals surface area contributed by atoms with Gasteiger partial charge in [-0.2, -0.15) is 0 Å². The fourth-order valence-electron chi connectivity index (χ4n) is 3.17. The number of likely N-dealkylation sites (tertiary alicyclic amines) is 1. The molecule has 1 saturated heterocycles. The molecule has 0 saturated carbocycles. The lowest BCUT2D eigenvalue weighted by molar-refractivity contribution is 0.196. The lowest BCUT2D eigenvalue weighted by Gasteiger charge is -2.32. The van der Waals surface area contributed by atoms with Gasteiger partial charge in [0, 0.05) is 30.8 Å². The minimum absolute atomic E-state index is 0.0556. The highest BCUT2D eigenvalue weighted by Crippen LogP contribution is 2.25. The summed E-state index contributed by atoms with van der Waals surface area (Å²) < 4.78 is 0. The van der Waals surface area contributed by atoms with E-state index < -0.39 is 0 Å². The lowest BCUT2D eigenvalue weighted by Crippen LogP contribution is -2.35. The topological polar surface area (TPSA) is 61.9 Å². The Morgan fingerprint density at radius 1 is 1.32 bits per heavy atom. The summed E-state index contributed by atoms with van der Waals surface area (Å²) in [6, 6.07) is 7.80. The molecular formula is C17H22N4O. The fourth-order valence-corrected chi connectivity index (χ4v) is 3.17. The van der Waals surface area contributed by atoms with Gasteiger partial charge < -0.3 is 4.98 Å². The van der Waals surface area contributed by atoms with Crippen molar-refractivity contribution in [2.45, 2.75) is 39.2 Å². The molecule has 1 atom stereocenters. The van der Waals surface area contributed by atoms with E-state index in [1.807, 2.05) is 19.9 Å². The van der Waals surface area contributed by atoms with Crippen LogP contribution in [0.25, 0.3) is 0 Å². The van der Waals surface area contributed by atoms with E-state index in [0.29, 0.717) is 11.7 Å². The summed E-state index contributed by atoms with van der Waals surface area (Å²) in [4.78, 5) is 25.9. The first-order valence-electron chi connectivity index (χ1n) is 7.83. The van der Waals surface area contributed by atoms with Gasteiger partial charge in [0.25, 0.3) is 5.56 Å². The average Bonchev–Trinajstić information content (AvgIpc) is 2.46. The Bertz CT molecular complexity index is 710.